The van der Waals surface area contributed by atoms with E-state index in [-0.39, 0.29) is 18.1 Å². The average Bonchev–Trinajstić information content (AvgIpc) is 2.43. The number of nitrogens with zero attached hydrogens (tertiary/aromatic N) is 1. The molecule has 3 atom stereocenters. The number of aliphatic hydroxyl groups is 1. The first-order valence-corrected chi connectivity index (χ1v) is 6.08. The van der Waals surface area contributed by atoms with Crippen molar-refractivity contribution < 1.29 is 14.6 Å². The van der Waals surface area contributed by atoms with E-state index in [0.29, 0.717) is 13.1 Å². The molecule has 2 N–H and O–H groups in total. The second kappa shape index (κ2) is 5.23. The van der Waals surface area contributed by atoms with Gasteiger partial charge < -0.3 is 20.1 Å². The smallest absolute Gasteiger partial charge is 0.410 e. The van der Waals surface area contributed by atoms with Gasteiger partial charge in [0, 0.05) is 18.5 Å². The van der Waals surface area contributed by atoms with Crippen LogP contribution in [-0.2, 0) is 4.74 Å². The standard InChI is InChI=1S/C12H24N2O3/c1-8-9(6-13-5)10(15)7-14(8)11(16)17-12(2,3)4/h8-10,13,15H,6-7H2,1-5H3. The maximum atomic E-state index is 11.9. The summed E-state index contributed by atoms with van der Waals surface area (Å²) in [7, 11) is 1.84. The van der Waals surface area contributed by atoms with Crippen LogP contribution in [0, 0.1) is 5.92 Å². The molecule has 1 saturated heterocycles. The van der Waals surface area contributed by atoms with Gasteiger partial charge >= 0.3 is 6.09 Å². The van der Waals surface area contributed by atoms with E-state index in [4.69, 9.17) is 4.74 Å². The van der Waals surface area contributed by atoms with E-state index in [2.05, 4.69) is 5.32 Å². The van der Waals surface area contributed by atoms with Crippen molar-refractivity contribution in [3.8, 4) is 0 Å². The maximum Gasteiger partial charge on any atom is 0.410 e. The first-order valence-electron chi connectivity index (χ1n) is 6.08. The Morgan fingerprint density at radius 1 is 1.53 bits per heavy atom. The van der Waals surface area contributed by atoms with Crippen molar-refractivity contribution in [1.82, 2.24) is 10.2 Å². The van der Waals surface area contributed by atoms with Crippen molar-refractivity contribution in [1.29, 1.82) is 0 Å². The number of nitrogens with one attached hydrogen (secondary N) is 1. The van der Waals surface area contributed by atoms with Crippen molar-refractivity contribution in [3.05, 3.63) is 0 Å². The third kappa shape index (κ3) is 3.57. The van der Waals surface area contributed by atoms with E-state index < -0.39 is 11.7 Å². The molecule has 5 nitrogen and oxygen atoms in total. The van der Waals surface area contributed by atoms with Gasteiger partial charge in [0.2, 0.25) is 0 Å². The van der Waals surface area contributed by atoms with E-state index >= 15 is 0 Å². The molecule has 1 heterocycles. The van der Waals surface area contributed by atoms with Crippen LogP contribution in [0.5, 0.6) is 0 Å². The van der Waals surface area contributed by atoms with Crippen molar-refractivity contribution >= 4 is 6.09 Å². The van der Waals surface area contributed by atoms with Gasteiger partial charge in [0.05, 0.1) is 12.6 Å². The van der Waals surface area contributed by atoms with E-state index in [0.717, 1.165) is 0 Å². The molecule has 1 amide bonds. The normalized spacial score (nSPS) is 29.5. The van der Waals surface area contributed by atoms with Crippen LogP contribution in [0.2, 0.25) is 0 Å². The third-order valence-electron chi connectivity index (χ3n) is 3.06. The minimum Gasteiger partial charge on any atom is -0.444 e. The van der Waals surface area contributed by atoms with Gasteiger partial charge in [-0.1, -0.05) is 0 Å². The fourth-order valence-corrected chi connectivity index (χ4v) is 2.16. The van der Waals surface area contributed by atoms with Gasteiger partial charge in [-0.15, -0.1) is 0 Å². The van der Waals surface area contributed by atoms with E-state index in [1.165, 1.54) is 0 Å². The first kappa shape index (κ1) is 14.3. The lowest BCUT2D eigenvalue weighted by atomic mass is 10.00. The van der Waals surface area contributed by atoms with Crippen LogP contribution in [0.1, 0.15) is 27.7 Å². The Morgan fingerprint density at radius 3 is 2.59 bits per heavy atom. The maximum absolute atomic E-state index is 11.9. The first-order chi connectivity index (χ1) is 7.76. The van der Waals surface area contributed by atoms with Gasteiger partial charge in [-0.3, -0.25) is 0 Å². The molecule has 100 valence electrons. The number of β-amino-alcohol motifs (C(OH)–C–C–N with tert-alkyl or cyclic N) is 1. The summed E-state index contributed by atoms with van der Waals surface area (Å²) in [5.74, 6) is 0.0625. The Morgan fingerprint density at radius 2 is 2.12 bits per heavy atom. The summed E-state index contributed by atoms with van der Waals surface area (Å²) >= 11 is 0. The summed E-state index contributed by atoms with van der Waals surface area (Å²) in [5, 5.41) is 13.0. The SMILES string of the molecule is CNCC1C(O)CN(C(=O)OC(C)(C)C)C1C. The Labute approximate surface area is 103 Å². The topological polar surface area (TPSA) is 61.8 Å². The molecule has 5 heteroatoms. The van der Waals surface area contributed by atoms with Crippen LogP contribution >= 0.6 is 0 Å². The molecule has 0 radical (unpaired) electrons. The van der Waals surface area contributed by atoms with Crippen LogP contribution in [0.4, 0.5) is 4.79 Å². The molecule has 0 aromatic rings. The fraction of sp³-hybridized carbons (Fsp3) is 0.917. The second-order valence-electron chi connectivity index (χ2n) is 5.66. The lowest BCUT2D eigenvalue weighted by Crippen LogP contribution is -2.41. The van der Waals surface area contributed by atoms with Crippen LogP contribution in [0.25, 0.3) is 0 Å². The number of likely N-dealkylation sites (tertiary alicyclic amines) is 1. The molecule has 0 aromatic heterocycles. The number of carbonyl (C=O) groups excluding carboxylic acids is 1. The Hall–Kier alpha value is -0.810. The van der Waals surface area contributed by atoms with E-state index in [9.17, 15) is 9.90 Å². The molecule has 0 aliphatic carbocycles. The molecule has 0 spiro atoms. The number of carbonyl (C=O) groups is 1. The summed E-state index contributed by atoms with van der Waals surface area (Å²) in [6, 6.07) is -0.00713. The summed E-state index contributed by atoms with van der Waals surface area (Å²) in [4.78, 5) is 13.5. The number of rotatable bonds is 2. The van der Waals surface area contributed by atoms with Crippen molar-refractivity contribution in [2.45, 2.75) is 45.4 Å². The zero-order valence-electron chi connectivity index (χ0n) is 11.4. The minimum absolute atomic E-state index is 0.00713. The van der Waals surface area contributed by atoms with Gasteiger partial charge in [0.25, 0.3) is 0 Å². The molecule has 0 bridgehead atoms. The highest BCUT2D eigenvalue weighted by Crippen LogP contribution is 2.26. The number of hydrogen-bond acceptors (Lipinski definition) is 4. The minimum atomic E-state index is -0.497. The van der Waals surface area contributed by atoms with Crippen molar-refractivity contribution in [3.63, 3.8) is 0 Å². The summed E-state index contributed by atoms with van der Waals surface area (Å²) in [6.45, 7) is 8.51. The number of hydrogen-bond donors (Lipinski definition) is 2. The number of ether oxygens (including phenoxy) is 1. The van der Waals surface area contributed by atoms with E-state index in [1.807, 2.05) is 34.7 Å². The predicted molar refractivity (Wildman–Crippen MR) is 65.8 cm³/mol. The highest BCUT2D eigenvalue weighted by atomic mass is 16.6. The summed E-state index contributed by atoms with van der Waals surface area (Å²) in [6.07, 6.45) is -0.826. The van der Waals surface area contributed by atoms with Crippen molar-refractivity contribution in [2.75, 3.05) is 20.1 Å². The van der Waals surface area contributed by atoms with Crippen LogP contribution in [-0.4, -0.2) is 54.0 Å². The largest absolute Gasteiger partial charge is 0.444 e. The molecule has 1 fully saturated rings. The van der Waals surface area contributed by atoms with E-state index in [1.54, 1.807) is 4.90 Å². The molecule has 0 aromatic carbocycles. The molecular weight excluding hydrogens is 220 g/mol. The zero-order valence-corrected chi connectivity index (χ0v) is 11.4. The van der Waals surface area contributed by atoms with Gasteiger partial charge in [-0.2, -0.15) is 0 Å². The fourth-order valence-electron chi connectivity index (χ4n) is 2.16. The highest BCUT2D eigenvalue weighted by molar-refractivity contribution is 5.69. The molecule has 1 aliphatic rings. The van der Waals surface area contributed by atoms with Crippen LogP contribution in [0.3, 0.4) is 0 Å². The van der Waals surface area contributed by atoms with Gasteiger partial charge in [0.15, 0.2) is 0 Å². The Kier molecular flexibility index (Phi) is 4.38. The van der Waals surface area contributed by atoms with Crippen molar-refractivity contribution in [2.24, 2.45) is 5.92 Å². The average molecular weight is 244 g/mol. The summed E-state index contributed by atoms with van der Waals surface area (Å²) in [5.41, 5.74) is -0.497. The molecular formula is C12H24N2O3. The molecule has 0 saturated carbocycles. The highest BCUT2D eigenvalue weighted by Gasteiger charge is 2.41. The van der Waals surface area contributed by atoms with Crippen LogP contribution in [0.15, 0.2) is 0 Å². The number of amides is 1. The number of aliphatic hydroxyl groups excluding tert-OH is 1. The Balaban J connectivity index is 2.65. The Bertz CT molecular complexity index is 275. The summed E-state index contributed by atoms with van der Waals surface area (Å²) < 4.78 is 5.32. The molecule has 1 aliphatic heterocycles. The predicted octanol–water partition coefficient (Wildman–Crippen LogP) is 0.822. The molecule has 17 heavy (non-hydrogen) atoms. The van der Waals surface area contributed by atoms with Gasteiger partial charge in [-0.25, -0.2) is 4.79 Å². The van der Waals surface area contributed by atoms with Crippen LogP contribution < -0.4 is 5.32 Å². The second-order valence-corrected chi connectivity index (χ2v) is 5.66. The lowest BCUT2D eigenvalue weighted by molar-refractivity contribution is 0.0214. The molecule has 1 rings (SSSR count). The monoisotopic (exact) mass is 244 g/mol. The molecule has 3 unspecified atom stereocenters. The van der Waals surface area contributed by atoms with Gasteiger partial charge in [0.1, 0.15) is 5.60 Å². The lowest BCUT2D eigenvalue weighted by Gasteiger charge is -2.28. The quantitative estimate of drug-likeness (QED) is 0.755. The zero-order chi connectivity index (χ0) is 13.2. The third-order valence-corrected chi connectivity index (χ3v) is 3.06. The van der Waals surface area contributed by atoms with Gasteiger partial charge in [-0.05, 0) is 34.7 Å².